The number of anilines is 1. The zero-order valence-electron chi connectivity index (χ0n) is 9.68. The lowest BCUT2D eigenvalue weighted by atomic mass is 10.3. The molecule has 0 aromatic carbocycles. The molecule has 1 unspecified atom stereocenters. The molecule has 0 aliphatic carbocycles. The maximum atomic E-state index is 11.8. The van der Waals surface area contributed by atoms with E-state index in [4.69, 9.17) is 5.73 Å². The van der Waals surface area contributed by atoms with E-state index >= 15 is 0 Å². The number of hydrogen-bond acceptors (Lipinski definition) is 5. The summed E-state index contributed by atoms with van der Waals surface area (Å²) in [6.45, 7) is 0.687. The first-order valence-electron chi connectivity index (χ1n) is 5.43. The van der Waals surface area contributed by atoms with Crippen LogP contribution >= 0.6 is 23.5 Å². The number of thioether (sulfide) groups is 2. The highest BCUT2D eigenvalue weighted by molar-refractivity contribution is 8.06. The van der Waals surface area contributed by atoms with Crippen molar-refractivity contribution in [1.29, 1.82) is 0 Å². The van der Waals surface area contributed by atoms with Crippen LogP contribution in [-0.2, 0) is 7.05 Å². The minimum Gasteiger partial charge on any atom is -0.396 e. The fraction of sp³-hybridized carbons (Fsp3) is 0.600. The molecule has 1 aliphatic rings. The molecule has 1 fully saturated rings. The molecular formula is C10H16N4OS2. The number of nitrogens with zero attached hydrogens (tertiary/aromatic N) is 2. The van der Waals surface area contributed by atoms with Gasteiger partial charge in [-0.1, -0.05) is 0 Å². The first kappa shape index (κ1) is 12.6. The standard InChI is InChI=1S/C10H16N4OS2/c1-14-5-8(11)9(13-14)10(15)12-4-7-6-16-2-3-17-7/h5,7H,2-4,6,11H2,1H3,(H,12,15). The summed E-state index contributed by atoms with van der Waals surface area (Å²) in [5.74, 6) is 3.29. The van der Waals surface area contributed by atoms with Gasteiger partial charge in [0.15, 0.2) is 5.69 Å². The second kappa shape index (κ2) is 5.68. The summed E-state index contributed by atoms with van der Waals surface area (Å²) in [4.78, 5) is 11.8. The SMILES string of the molecule is Cn1cc(N)c(C(=O)NCC2CSCCS2)n1. The molecule has 7 heteroatoms. The average Bonchev–Trinajstić information content (AvgIpc) is 2.67. The molecule has 17 heavy (non-hydrogen) atoms. The maximum absolute atomic E-state index is 11.8. The van der Waals surface area contributed by atoms with E-state index in [-0.39, 0.29) is 5.91 Å². The molecule has 2 rings (SSSR count). The Hall–Kier alpha value is -0.820. The van der Waals surface area contributed by atoms with Crippen molar-refractivity contribution in [3.05, 3.63) is 11.9 Å². The van der Waals surface area contributed by atoms with Gasteiger partial charge in [-0.25, -0.2) is 0 Å². The number of hydrogen-bond donors (Lipinski definition) is 2. The van der Waals surface area contributed by atoms with E-state index in [1.165, 1.54) is 5.75 Å². The van der Waals surface area contributed by atoms with Crippen LogP contribution < -0.4 is 11.1 Å². The molecule has 0 saturated carbocycles. The van der Waals surface area contributed by atoms with Crippen molar-refractivity contribution in [2.75, 3.05) is 29.5 Å². The van der Waals surface area contributed by atoms with Crippen molar-refractivity contribution in [1.82, 2.24) is 15.1 Å². The largest absolute Gasteiger partial charge is 0.396 e. The number of nitrogens with two attached hydrogens (primary N) is 1. The van der Waals surface area contributed by atoms with Gasteiger partial charge < -0.3 is 11.1 Å². The van der Waals surface area contributed by atoms with Gasteiger partial charge in [-0.3, -0.25) is 9.48 Å². The second-order valence-electron chi connectivity index (χ2n) is 3.88. The number of nitrogens with one attached hydrogen (secondary N) is 1. The lowest BCUT2D eigenvalue weighted by molar-refractivity contribution is 0.0949. The van der Waals surface area contributed by atoms with Crippen LogP contribution in [0.25, 0.3) is 0 Å². The van der Waals surface area contributed by atoms with Gasteiger partial charge in [0.1, 0.15) is 0 Å². The molecule has 1 saturated heterocycles. The lowest BCUT2D eigenvalue weighted by Gasteiger charge is -2.20. The van der Waals surface area contributed by atoms with E-state index in [2.05, 4.69) is 10.4 Å². The quantitative estimate of drug-likeness (QED) is 0.842. The summed E-state index contributed by atoms with van der Waals surface area (Å²) in [5, 5.41) is 7.44. The molecule has 0 radical (unpaired) electrons. The molecule has 2 heterocycles. The number of amides is 1. The first-order valence-corrected chi connectivity index (χ1v) is 7.64. The third kappa shape index (κ3) is 3.32. The Morgan fingerprint density at radius 3 is 3.12 bits per heavy atom. The van der Waals surface area contributed by atoms with Gasteiger partial charge >= 0.3 is 0 Å². The first-order chi connectivity index (χ1) is 8.16. The minimum absolute atomic E-state index is 0.181. The minimum atomic E-state index is -0.181. The maximum Gasteiger partial charge on any atom is 0.273 e. The summed E-state index contributed by atoms with van der Waals surface area (Å²) >= 11 is 3.86. The number of rotatable bonds is 3. The van der Waals surface area contributed by atoms with Crippen LogP contribution in [0.5, 0.6) is 0 Å². The molecule has 0 spiro atoms. The van der Waals surface area contributed by atoms with Crippen LogP contribution in [0.1, 0.15) is 10.5 Å². The van der Waals surface area contributed by atoms with Gasteiger partial charge in [0.05, 0.1) is 5.69 Å². The van der Waals surface area contributed by atoms with Crippen molar-refractivity contribution in [3.63, 3.8) is 0 Å². The summed E-state index contributed by atoms with van der Waals surface area (Å²) in [6, 6.07) is 0. The molecule has 1 aromatic heterocycles. The Morgan fingerprint density at radius 1 is 1.71 bits per heavy atom. The Balaban J connectivity index is 1.86. The molecule has 3 N–H and O–H groups in total. The van der Waals surface area contributed by atoms with Crippen molar-refractivity contribution < 1.29 is 4.79 Å². The Bertz CT molecular complexity index is 401. The molecule has 0 bridgehead atoms. The fourth-order valence-electron chi connectivity index (χ4n) is 1.63. The highest BCUT2D eigenvalue weighted by Gasteiger charge is 2.18. The van der Waals surface area contributed by atoms with E-state index < -0.39 is 0 Å². The topological polar surface area (TPSA) is 72.9 Å². The summed E-state index contributed by atoms with van der Waals surface area (Å²) < 4.78 is 1.55. The lowest BCUT2D eigenvalue weighted by Crippen LogP contribution is -2.34. The van der Waals surface area contributed by atoms with Crippen LogP contribution in [0.2, 0.25) is 0 Å². The van der Waals surface area contributed by atoms with Gasteiger partial charge in [-0.15, -0.1) is 0 Å². The molecule has 1 atom stereocenters. The third-order valence-corrected chi connectivity index (χ3v) is 5.29. The fourth-order valence-corrected chi connectivity index (χ4v) is 4.24. The molecule has 5 nitrogen and oxygen atoms in total. The van der Waals surface area contributed by atoms with Gasteiger partial charge in [-0.2, -0.15) is 28.6 Å². The van der Waals surface area contributed by atoms with Gasteiger partial charge in [0, 0.05) is 42.3 Å². The smallest absolute Gasteiger partial charge is 0.273 e. The summed E-state index contributed by atoms with van der Waals surface area (Å²) in [5.41, 5.74) is 6.44. The number of nitrogen functional groups attached to an aromatic ring is 1. The van der Waals surface area contributed by atoms with E-state index in [0.29, 0.717) is 23.2 Å². The van der Waals surface area contributed by atoms with Crippen molar-refractivity contribution in [3.8, 4) is 0 Å². The van der Waals surface area contributed by atoms with E-state index in [0.717, 1.165) is 11.5 Å². The average molecular weight is 272 g/mol. The van der Waals surface area contributed by atoms with Gasteiger partial charge in [-0.05, 0) is 0 Å². The highest BCUT2D eigenvalue weighted by Crippen LogP contribution is 2.23. The van der Waals surface area contributed by atoms with E-state index in [1.807, 2.05) is 23.5 Å². The van der Waals surface area contributed by atoms with Crippen LogP contribution in [0.3, 0.4) is 0 Å². The van der Waals surface area contributed by atoms with Crippen molar-refractivity contribution in [2.24, 2.45) is 7.05 Å². The zero-order valence-corrected chi connectivity index (χ0v) is 11.3. The van der Waals surface area contributed by atoms with Crippen molar-refractivity contribution in [2.45, 2.75) is 5.25 Å². The molecule has 1 aliphatic heterocycles. The molecule has 1 amide bonds. The zero-order chi connectivity index (χ0) is 12.3. The van der Waals surface area contributed by atoms with Gasteiger partial charge in [0.25, 0.3) is 5.91 Å². The Labute approximate surface area is 109 Å². The third-order valence-electron chi connectivity index (χ3n) is 2.45. The highest BCUT2D eigenvalue weighted by atomic mass is 32.2. The van der Waals surface area contributed by atoms with E-state index in [9.17, 15) is 4.79 Å². The van der Waals surface area contributed by atoms with Crippen LogP contribution in [0.15, 0.2) is 6.20 Å². The summed E-state index contributed by atoms with van der Waals surface area (Å²) in [7, 11) is 1.75. The van der Waals surface area contributed by atoms with E-state index in [1.54, 1.807) is 17.9 Å². The van der Waals surface area contributed by atoms with Crippen LogP contribution in [0.4, 0.5) is 5.69 Å². The summed E-state index contributed by atoms with van der Waals surface area (Å²) in [6.07, 6.45) is 1.64. The number of carbonyl (C=O) groups is 1. The number of aromatic nitrogens is 2. The normalized spacial score (nSPS) is 20.2. The van der Waals surface area contributed by atoms with Gasteiger partial charge in [0.2, 0.25) is 0 Å². The Kier molecular flexibility index (Phi) is 4.22. The predicted molar refractivity (Wildman–Crippen MR) is 73.5 cm³/mol. The Morgan fingerprint density at radius 2 is 2.53 bits per heavy atom. The molecular weight excluding hydrogens is 256 g/mol. The number of aryl methyl sites for hydroxylation is 1. The monoisotopic (exact) mass is 272 g/mol. The van der Waals surface area contributed by atoms with Crippen LogP contribution in [-0.4, -0.2) is 44.7 Å². The predicted octanol–water partition coefficient (Wildman–Crippen LogP) is 0.581. The molecule has 1 aromatic rings. The van der Waals surface area contributed by atoms with Crippen LogP contribution in [0, 0.1) is 0 Å². The van der Waals surface area contributed by atoms with Crippen molar-refractivity contribution >= 4 is 35.1 Å². The number of carbonyl (C=O) groups excluding carboxylic acids is 1. The molecule has 94 valence electrons. The second-order valence-corrected chi connectivity index (χ2v) is 6.44.